The van der Waals surface area contributed by atoms with Crippen molar-refractivity contribution in [3.63, 3.8) is 0 Å². The molecule has 0 unspecified atom stereocenters. The van der Waals surface area contributed by atoms with Crippen molar-refractivity contribution < 1.29 is 28.6 Å². The summed E-state index contributed by atoms with van der Waals surface area (Å²) >= 11 is 0. The SMILES string of the molecule is COc1ccc2cc(C(=O)Oc3ccc(OC(=O)c4ccc5cc(C)ccc5c4)c(C=O)c3)ccc2c1. The summed E-state index contributed by atoms with van der Waals surface area (Å²) in [5.41, 5.74) is 1.92. The summed E-state index contributed by atoms with van der Waals surface area (Å²) < 4.78 is 16.2. The molecule has 37 heavy (non-hydrogen) atoms. The largest absolute Gasteiger partial charge is 0.497 e. The lowest BCUT2D eigenvalue weighted by Gasteiger charge is -2.10. The topological polar surface area (TPSA) is 78.9 Å². The highest BCUT2D eigenvalue weighted by molar-refractivity contribution is 5.98. The number of methoxy groups -OCH3 is 1. The monoisotopic (exact) mass is 490 g/mol. The third-order valence-electron chi connectivity index (χ3n) is 6.04. The molecule has 0 aliphatic carbocycles. The molecule has 0 atom stereocenters. The number of carbonyl (C=O) groups is 3. The molecule has 0 heterocycles. The second-order valence-electron chi connectivity index (χ2n) is 8.59. The van der Waals surface area contributed by atoms with Gasteiger partial charge in [0.25, 0.3) is 0 Å². The molecule has 182 valence electrons. The summed E-state index contributed by atoms with van der Waals surface area (Å²) in [6, 6.07) is 26.2. The van der Waals surface area contributed by atoms with Crippen molar-refractivity contribution >= 4 is 39.8 Å². The van der Waals surface area contributed by atoms with Gasteiger partial charge in [0.1, 0.15) is 17.2 Å². The van der Waals surface area contributed by atoms with Crippen LogP contribution in [0, 0.1) is 6.92 Å². The average molecular weight is 491 g/mol. The Labute approximate surface area is 213 Å². The van der Waals surface area contributed by atoms with E-state index in [1.165, 1.54) is 18.2 Å². The van der Waals surface area contributed by atoms with Crippen molar-refractivity contribution in [1.82, 2.24) is 0 Å². The molecule has 0 bridgehead atoms. The molecule has 0 aromatic heterocycles. The maximum absolute atomic E-state index is 12.8. The summed E-state index contributed by atoms with van der Waals surface area (Å²) in [6.45, 7) is 2.00. The molecule has 0 saturated heterocycles. The first-order valence-electron chi connectivity index (χ1n) is 11.6. The molecule has 0 amide bonds. The first kappa shape index (κ1) is 23.8. The van der Waals surface area contributed by atoms with Crippen LogP contribution in [0.1, 0.15) is 36.6 Å². The van der Waals surface area contributed by atoms with Gasteiger partial charge in [0.15, 0.2) is 6.29 Å². The number of esters is 2. The predicted molar refractivity (Wildman–Crippen MR) is 141 cm³/mol. The molecule has 5 rings (SSSR count). The van der Waals surface area contributed by atoms with E-state index in [1.807, 2.05) is 55.5 Å². The minimum absolute atomic E-state index is 0.0726. The van der Waals surface area contributed by atoms with Crippen LogP contribution in [0.15, 0.2) is 91.0 Å². The lowest BCUT2D eigenvalue weighted by atomic mass is 10.0. The Hall–Kier alpha value is -4.97. The fourth-order valence-electron chi connectivity index (χ4n) is 4.07. The highest BCUT2D eigenvalue weighted by Crippen LogP contribution is 2.27. The molecular weight excluding hydrogens is 468 g/mol. The van der Waals surface area contributed by atoms with E-state index >= 15 is 0 Å². The van der Waals surface area contributed by atoms with E-state index in [9.17, 15) is 14.4 Å². The summed E-state index contributed by atoms with van der Waals surface area (Å²) in [6.07, 6.45) is 0.548. The number of ether oxygens (including phenoxy) is 3. The zero-order valence-electron chi connectivity index (χ0n) is 20.2. The maximum atomic E-state index is 12.8. The number of fused-ring (bicyclic) bond motifs is 2. The smallest absolute Gasteiger partial charge is 0.343 e. The zero-order chi connectivity index (χ0) is 25.9. The normalized spacial score (nSPS) is 10.8. The summed E-state index contributed by atoms with van der Waals surface area (Å²) in [4.78, 5) is 37.2. The molecular formula is C31H22O6. The quantitative estimate of drug-likeness (QED) is 0.152. The van der Waals surface area contributed by atoms with Gasteiger partial charge < -0.3 is 14.2 Å². The molecule has 6 nitrogen and oxygen atoms in total. The van der Waals surface area contributed by atoms with Crippen LogP contribution in [0.3, 0.4) is 0 Å². The van der Waals surface area contributed by atoms with E-state index in [0.717, 1.165) is 32.9 Å². The van der Waals surface area contributed by atoms with Crippen LogP contribution < -0.4 is 14.2 Å². The number of aryl methyl sites for hydroxylation is 1. The predicted octanol–water partition coefficient (Wildman–Crippen LogP) is 6.56. The van der Waals surface area contributed by atoms with E-state index in [0.29, 0.717) is 17.4 Å². The summed E-state index contributed by atoms with van der Waals surface area (Å²) in [5, 5.41) is 3.70. The van der Waals surface area contributed by atoms with Crippen LogP contribution in [-0.4, -0.2) is 25.3 Å². The Balaban J connectivity index is 1.32. The second-order valence-corrected chi connectivity index (χ2v) is 8.59. The number of aldehydes is 1. The lowest BCUT2D eigenvalue weighted by molar-refractivity contribution is 0.0718. The highest BCUT2D eigenvalue weighted by Gasteiger charge is 2.15. The number of rotatable bonds is 6. The van der Waals surface area contributed by atoms with E-state index in [1.54, 1.807) is 31.4 Å². The molecule has 0 aliphatic heterocycles. The molecule has 5 aromatic carbocycles. The van der Waals surface area contributed by atoms with Crippen molar-refractivity contribution in [3.8, 4) is 17.2 Å². The van der Waals surface area contributed by atoms with Gasteiger partial charge in [0.2, 0.25) is 0 Å². The van der Waals surface area contributed by atoms with Crippen LogP contribution in [0.4, 0.5) is 0 Å². The Morgan fingerprint density at radius 3 is 1.86 bits per heavy atom. The fourth-order valence-corrected chi connectivity index (χ4v) is 4.07. The van der Waals surface area contributed by atoms with Crippen molar-refractivity contribution in [2.75, 3.05) is 7.11 Å². The molecule has 0 radical (unpaired) electrons. The van der Waals surface area contributed by atoms with E-state index in [2.05, 4.69) is 0 Å². The van der Waals surface area contributed by atoms with Crippen molar-refractivity contribution in [2.24, 2.45) is 0 Å². The van der Waals surface area contributed by atoms with E-state index in [-0.39, 0.29) is 17.1 Å². The molecule has 0 N–H and O–H groups in total. The number of hydrogen-bond acceptors (Lipinski definition) is 6. The third-order valence-corrected chi connectivity index (χ3v) is 6.04. The van der Waals surface area contributed by atoms with Gasteiger partial charge in [0.05, 0.1) is 23.8 Å². The standard InChI is InChI=1S/C31H22O6/c1-19-3-4-21-14-25(7-5-20(21)13-19)31(34)37-29-12-11-28(17-26(29)18-32)36-30(33)24-8-6-23-16-27(35-2)10-9-22(23)15-24/h3-18H,1-2H3. The Bertz CT molecular complexity index is 1690. The molecule has 5 aromatic rings. The van der Waals surface area contributed by atoms with Crippen LogP contribution in [0.2, 0.25) is 0 Å². The van der Waals surface area contributed by atoms with Gasteiger partial charge in [-0.05, 0) is 83.1 Å². The minimum Gasteiger partial charge on any atom is -0.497 e. The van der Waals surface area contributed by atoms with Gasteiger partial charge in [-0.2, -0.15) is 0 Å². The van der Waals surface area contributed by atoms with Crippen LogP contribution in [0.5, 0.6) is 17.2 Å². The Kier molecular flexibility index (Phi) is 6.39. The van der Waals surface area contributed by atoms with E-state index < -0.39 is 11.9 Å². The first-order chi connectivity index (χ1) is 17.9. The van der Waals surface area contributed by atoms with Crippen molar-refractivity contribution in [2.45, 2.75) is 6.92 Å². The van der Waals surface area contributed by atoms with Crippen LogP contribution in [0.25, 0.3) is 21.5 Å². The Morgan fingerprint density at radius 1 is 0.622 bits per heavy atom. The van der Waals surface area contributed by atoms with E-state index in [4.69, 9.17) is 14.2 Å². The third kappa shape index (κ3) is 5.04. The van der Waals surface area contributed by atoms with Gasteiger partial charge in [-0.25, -0.2) is 9.59 Å². The first-order valence-corrected chi connectivity index (χ1v) is 11.6. The van der Waals surface area contributed by atoms with Crippen LogP contribution in [-0.2, 0) is 0 Å². The van der Waals surface area contributed by atoms with Gasteiger partial charge in [0, 0.05) is 0 Å². The lowest BCUT2D eigenvalue weighted by Crippen LogP contribution is -2.11. The molecule has 0 saturated carbocycles. The fraction of sp³-hybridized carbons (Fsp3) is 0.0645. The maximum Gasteiger partial charge on any atom is 0.343 e. The molecule has 0 spiro atoms. The number of hydrogen-bond donors (Lipinski definition) is 0. The summed E-state index contributed by atoms with van der Waals surface area (Å²) in [5.74, 6) is -0.221. The van der Waals surface area contributed by atoms with Crippen LogP contribution >= 0.6 is 0 Å². The Morgan fingerprint density at radius 2 is 1.19 bits per heavy atom. The van der Waals surface area contributed by atoms with Crippen molar-refractivity contribution in [3.05, 3.63) is 113 Å². The van der Waals surface area contributed by atoms with Gasteiger partial charge in [-0.15, -0.1) is 0 Å². The zero-order valence-corrected chi connectivity index (χ0v) is 20.2. The van der Waals surface area contributed by atoms with Gasteiger partial charge >= 0.3 is 11.9 Å². The molecule has 6 heteroatoms. The number of benzene rings is 5. The van der Waals surface area contributed by atoms with Crippen molar-refractivity contribution in [1.29, 1.82) is 0 Å². The van der Waals surface area contributed by atoms with Gasteiger partial charge in [-0.1, -0.05) is 42.0 Å². The average Bonchev–Trinajstić information content (AvgIpc) is 2.92. The molecule has 0 fully saturated rings. The second kappa shape index (κ2) is 9.95. The van der Waals surface area contributed by atoms with Gasteiger partial charge in [-0.3, -0.25) is 4.79 Å². The summed E-state index contributed by atoms with van der Waals surface area (Å²) in [7, 11) is 1.59. The highest BCUT2D eigenvalue weighted by atomic mass is 16.5. The minimum atomic E-state index is -0.594. The number of carbonyl (C=O) groups excluding carboxylic acids is 3. The molecule has 0 aliphatic rings.